The molecule has 0 aromatic heterocycles. The van der Waals surface area contributed by atoms with Gasteiger partial charge in [-0.1, -0.05) is 115 Å². The second-order valence-electron chi connectivity index (χ2n) is 15.4. The van der Waals surface area contributed by atoms with Crippen molar-refractivity contribution in [3.8, 4) is 69.1 Å². The summed E-state index contributed by atoms with van der Waals surface area (Å²) in [6, 6.07) is 47.5. The molecule has 8 rings (SSSR count). The summed E-state index contributed by atoms with van der Waals surface area (Å²) in [4.78, 5) is 0. The molecule has 0 heterocycles. The molecule has 3 unspecified atom stereocenters. The van der Waals surface area contributed by atoms with Crippen LogP contribution in [0.2, 0.25) is 0 Å². The van der Waals surface area contributed by atoms with Gasteiger partial charge in [-0.15, -0.1) is 6.42 Å². The average molecular weight is 813 g/mol. The molecule has 6 N–H and O–H groups in total. The van der Waals surface area contributed by atoms with Gasteiger partial charge in [-0.2, -0.15) is 0 Å². The van der Waals surface area contributed by atoms with Crippen LogP contribution >= 0.6 is 0 Å². The van der Waals surface area contributed by atoms with Gasteiger partial charge in [0.05, 0.1) is 0 Å². The van der Waals surface area contributed by atoms with Gasteiger partial charge in [0.2, 0.25) is 0 Å². The lowest BCUT2D eigenvalue weighted by molar-refractivity contribution is 0.461. The summed E-state index contributed by atoms with van der Waals surface area (Å²) in [5.74, 6) is 2.76. The molecule has 0 fully saturated rings. The molecule has 1 aliphatic rings. The second-order valence-corrected chi connectivity index (χ2v) is 15.4. The largest absolute Gasteiger partial charge is 0.508 e. The van der Waals surface area contributed by atoms with Crippen molar-refractivity contribution in [3.63, 3.8) is 0 Å². The Bertz CT molecular complexity index is 2860. The Kier molecular flexibility index (Phi) is 11.8. The summed E-state index contributed by atoms with van der Waals surface area (Å²) in [5, 5.41) is 63.1. The quantitative estimate of drug-likeness (QED) is 0.0540. The summed E-state index contributed by atoms with van der Waals surface area (Å²) < 4.78 is 0. The summed E-state index contributed by atoms with van der Waals surface area (Å²) in [7, 11) is 0. The Hall–Kier alpha value is -8.14. The van der Waals surface area contributed by atoms with Crippen molar-refractivity contribution >= 4 is 11.1 Å². The number of phenols is 6. The molecule has 0 aliphatic heterocycles. The molecule has 0 spiro atoms. The summed E-state index contributed by atoms with van der Waals surface area (Å²) in [6.07, 6.45) is 18.1. The second kappa shape index (κ2) is 18.0. The topological polar surface area (TPSA) is 121 Å². The Morgan fingerprint density at radius 2 is 1.00 bits per heavy atom. The van der Waals surface area contributed by atoms with Crippen molar-refractivity contribution in [2.45, 2.75) is 18.3 Å². The molecule has 0 saturated carbocycles. The number of terminal acetylenes is 1. The number of phenolic OH excluding ortho intramolecular Hbond substituents is 6. The minimum Gasteiger partial charge on any atom is -0.508 e. The Balaban J connectivity index is 1.24. The maximum Gasteiger partial charge on any atom is 0.119 e. The van der Waals surface area contributed by atoms with E-state index in [4.69, 9.17) is 6.42 Å². The monoisotopic (exact) mass is 812 g/mol. The number of hydrogen-bond donors (Lipinski definition) is 6. The van der Waals surface area contributed by atoms with Crippen molar-refractivity contribution in [3.05, 3.63) is 228 Å². The van der Waals surface area contributed by atoms with Crippen LogP contribution in [-0.4, -0.2) is 30.6 Å². The predicted molar refractivity (Wildman–Crippen MR) is 248 cm³/mol. The molecule has 7 aromatic rings. The highest BCUT2D eigenvalue weighted by Crippen LogP contribution is 2.45. The fourth-order valence-corrected chi connectivity index (χ4v) is 8.20. The van der Waals surface area contributed by atoms with Crippen LogP contribution < -0.4 is 0 Å². The molecule has 6 nitrogen and oxygen atoms in total. The van der Waals surface area contributed by atoms with Crippen molar-refractivity contribution in [1.82, 2.24) is 0 Å². The Morgan fingerprint density at radius 1 is 0.532 bits per heavy atom. The third-order valence-corrected chi connectivity index (χ3v) is 11.5. The van der Waals surface area contributed by atoms with Crippen LogP contribution in [-0.2, 0) is 0 Å². The zero-order valence-corrected chi connectivity index (χ0v) is 33.7. The van der Waals surface area contributed by atoms with Gasteiger partial charge in [0.15, 0.2) is 0 Å². The fraction of sp³-hybridized carbons (Fsp3) is 0.0714. The first kappa shape index (κ1) is 40.6. The van der Waals surface area contributed by atoms with E-state index < -0.39 is 0 Å². The van der Waals surface area contributed by atoms with E-state index in [0.717, 1.165) is 61.2 Å². The van der Waals surface area contributed by atoms with Crippen LogP contribution in [0.25, 0.3) is 33.4 Å². The van der Waals surface area contributed by atoms with Crippen molar-refractivity contribution in [1.29, 1.82) is 0 Å². The molecular formula is C56H44O6. The summed E-state index contributed by atoms with van der Waals surface area (Å²) in [5.41, 5.74) is 10.6. The third kappa shape index (κ3) is 9.03. The maximum absolute atomic E-state index is 11.6. The number of benzene rings is 7. The molecule has 0 saturated heterocycles. The molecule has 62 heavy (non-hydrogen) atoms. The molecule has 0 radical (unpaired) electrons. The fourth-order valence-electron chi connectivity index (χ4n) is 8.20. The van der Waals surface area contributed by atoms with E-state index in [0.29, 0.717) is 12.0 Å². The van der Waals surface area contributed by atoms with Gasteiger partial charge in [-0.3, -0.25) is 0 Å². The van der Waals surface area contributed by atoms with Crippen LogP contribution in [0.5, 0.6) is 34.5 Å². The first-order valence-electron chi connectivity index (χ1n) is 20.3. The van der Waals surface area contributed by atoms with E-state index in [1.165, 1.54) is 0 Å². The molecule has 7 aromatic carbocycles. The van der Waals surface area contributed by atoms with Gasteiger partial charge in [-0.25, -0.2) is 0 Å². The average Bonchev–Trinajstić information content (AvgIpc) is 3.77. The predicted octanol–water partition coefficient (Wildman–Crippen LogP) is 12.5. The van der Waals surface area contributed by atoms with E-state index in [9.17, 15) is 30.6 Å². The standard InChI is InChI=1S/C56H44O6/c1-2-3-4-36(37-11-22-47(57)23-12-37)19-30-51(52-34-44(20-31-54(52)61)39-15-26-49(59)27-16-39)41-5-7-42(8-6-41)56(46-10-9-43(33-46)38-13-24-48(58)25-14-38)53-35-45(21-32-55(53)62)40-17-28-50(60)29-18-40/h1,3-29,31-35,46,51,56-62H,30H2/b4-3-,36-19+. The zero-order chi connectivity index (χ0) is 43.2. The highest BCUT2D eigenvalue weighted by Gasteiger charge is 2.28. The highest BCUT2D eigenvalue weighted by molar-refractivity contribution is 5.78. The van der Waals surface area contributed by atoms with Crippen LogP contribution in [0.3, 0.4) is 0 Å². The van der Waals surface area contributed by atoms with E-state index in [-0.39, 0.29) is 52.3 Å². The molecule has 0 amide bonds. The Labute approximate surface area is 361 Å². The van der Waals surface area contributed by atoms with Gasteiger partial charge in [0.25, 0.3) is 0 Å². The molecule has 6 heteroatoms. The van der Waals surface area contributed by atoms with E-state index in [2.05, 4.69) is 54.5 Å². The van der Waals surface area contributed by atoms with Gasteiger partial charge < -0.3 is 30.6 Å². The van der Waals surface area contributed by atoms with Gasteiger partial charge in [0.1, 0.15) is 34.5 Å². The van der Waals surface area contributed by atoms with Crippen molar-refractivity contribution < 1.29 is 30.6 Å². The number of allylic oxidation sites excluding steroid dienone is 8. The number of rotatable bonds is 12. The molecule has 304 valence electrons. The SMILES string of the molecule is C#C/C=C\C(=C/CC(c1ccc(C(c2cc(-c3ccc(O)cc3)ccc2O)C2C=CC(c3ccc(O)cc3)=C2)cc1)c1cc(-c2ccc(O)cc2)ccc1O)c1ccc(O)cc1. The Morgan fingerprint density at radius 3 is 1.55 bits per heavy atom. The van der Waals surface area contributed by atoms with Crippen LogP contribution in [0.4, 0.5) is 0 Å². The minimum absolute atomic E-state index is 0.136. The first-order valence-corrected chi connectivity index (χ1v) is 20.3. The lowest BCUT2D eigenvalue weighted by Crippen LogP contribution is -2.11. The minimum atomic E-state index is -0.329. The number of hydrogen-bond acceptors (Lipinski definition) is 6. The maximum atomic E-state index is 11.6. The zero-order valence-electron chi connectivity index (χ0n) is 33.7. The normalized spacial score (nSPS) is 14.7. The molecule has 3 atom stereocenters. The lowest BCUT2D eigenvalue weighted by Gasteiger charge is -2.25. The highest BCUT2D eigenvalue weighted by atomic mass is 16.3. The van der Waals surface area contributed by atoms with E-state index >= 15 is 0 Å². The van der Waals surface area contributed by atoms with E-state index in [1.807, 2.05) is 78.9 Å². The van der Waals surface area contributed by atoms with Crippen molar-refractivity contribution in [2.75, 3.05) is 0 Å². The summed E-state index contributed by atoms with van der Waals surface area (Å²) in [6.45, 7) is 0. The molecule has 0 bridgehead atoms. The molecule has 1 aliphatic carbocycles. The van der Waals surface area contributed by atoms with Crippen LogP contribution in [0.1, 0.15) is 51.6 Å². The molecular weight excluding hydrogens is 769 g/mol. The van der Waals surface area contributed by atoms with Gasteiger partial charge >= 0.3 is 0 Å². The van der Waals surface area contributed by atoms with Crippen LogP contribution in [0, 0.1) is 18.3 Å². The first-order chi connectivity index (χ1) is 30.1. The van der Waals surface area contributed by atoms with E-state index in [1.54, 1.807) is 66.7 Å². The van der Waals surface area contributed by atoms with Gasteiger partial charge in [0, 0.05) is 28.9 Å². The van der Waals surface area contributed by atoms with Gasteiger partial charge in [-0.05, 0) is 147 Å². The smallest absolute Gasteiger partial charge is 0.119 e. The third-order valence-electron chi connectivity index (χ3n) is 11.5. The lowest BCUT2D eigenvalue weighted by atomic mass is 9.78. The van der Waals surface area contributed by atoms with Crippen molar-refractivity contribution in [2.24, 2.45) is 5.92 Å². The van der Waals surface area contributed by atoms with Crippen LogP contribution in [0.15, 0.2) is 194 Å². The summed E-state index contributed by atoms with van der Waals surface area (Å²) >= 11 is 0. The number of aromatic hydroxyl groups is 6.